The summed E-state index contributed by atoms with van der Waals surface area (Å²) in [6.45, 7) is 12.7. The van der Waals surface area contributed by atoms with Crippen LogP contribution in [-0.4, -0.2) is 26.8 Å². The van der Waals surface area contributed by atoms with Crippen molar-refractivity contribution >= 4 is 0 Å². The summed E-state index contributed by atoms with van der Waals surface area (Å²) in [4.78, 5) is 0. The third kappa shape index (κ3) is 7.65. The first-order valence-electron chi connectivity index (χ1n) is 9.24. The Bertz CT molecular complexity index is 250. The van der Waals surface area contributed by atoms with E-state index in [0.29, 0.717) is 0 Å². The van der Waals surface area contributed by atoms with E-state index in [9.17, 15) is 0 Å². The van der Waals surface area contributed by atoms with Crippen LogP contribution in [0.3, 0.4) is 0 Å². The summed E-state index contributed by atoms with van der Waals surface area (Å²) < 4.78 is 5.20. The lowest BCUT2D eigenvalue weighted by Gasteiger charge is -2.38. The highest BCUT2D eigenvalue weighted by Crippen LogP contribution is 2.39. The molecule has 0 aliphatic heterocycles. The molecule has 0 bridgehead atoms. The summed E-state index contributed by atoms with van der Waals surface area (Å²) in [5.74, 6) is 4.41. The van der Waals surface area contributed by atoms with E-state index in [1.54, 1.807) is 0 Å². The van der Waals surface area contributed by atoms with E-state index in [2.05, 4.69) is 33.0 Å². The highest BCUT2D eigenvalue weighted by molar-refractivity contribution is 4.83. The Morgan fingerprint density at radius 2 is 1.81 bits per heavy atom. The number of unbranched alkanes of at least 4 members (excludes halogenated alkanes) is 1. The summed E-state index contributed by atoms with van der Waals surface area (Å²) in [7, 11) is 1.81. The minimum absolute atomic E-state index is 0.761. The maximum atomic E-state index is 5.20. The van der Waals surface area contributed by atoms with Gasteiger partial charge in [-0.15, -0.1) is 0 Å². The first-order valence-corrected chi connectivity index (χ1v) is 9.24. The van der Waals surface area contributed by atoms with Gasteiger partial charge in [-0.3, -0.25) is 0 Å². The van der Waals surface area contributed by atoms with E-state index in [-0.39, 0.29) is 0 Å². The van der Waals surface area contributed by atoms with Crippen molar-refractivity contribution in [3.8, 4) is 0 Å². The topological polar surface area (TPSA) is 21.3 Å². The van der Waals surface area contributed by atoms with Gasteiger partial charge in [0.2, 0.25) is 0 Å². The number of nitrogens with one attached hydrogen (secondary N) is 1. The largest absolute Gasteiger partial charge is 0.385 e. The highest BCUT2D eigenvalue weighted by Gasteiger charge is 2.31. The molecule has 0 aromatic carbocycles. The number of hydrogen-bond acceptors (Lipinski definition) is 2. The zero-order valence-corrected chi connectivity index (χ0v) is 15.2. The molecule has 126 valence electrons. The molecule has 0 amide bonds. The molecule has 0 saturated heterocycles. The lowest BCUT2D eigenvalue weighted by molar-refractivity contribution is 0.129. The van der Waals surface area contributed by atoms with E-state index in [4.69, 9.17) is 4.74 Å². The fourth-order valence-electron chi connectivity index (χ4n) is 3.80. The van der Waals surface area contributed by atoms with Crippen LogP contribution in [0.4, 0.5) is 0 Å². The Hall–Kier alpha value is -0.0800. The third-order valence-electron chi connectivity index (χ3n) is 5.26. The van der Waals surface area contributed by atoms with Crippen LogP contribution >= 0.6 is 0 Å². The van der Waals surface area contributed by atoms with Gasteiger partial charge in [0, 0.05) is 13.7 Å². The predicted molar refractivity (Wildman–Crippen MR) is 92.6 cm³/mol. The summed E-state index contributed by atoms with van der Waals surface area (Å²) in [6, 6.07) is 0. The lowest BCUT2D eigenvalue weighted by atomic mass is 9.69. The molecule has 1 rings (SSSR count). The Labute approximate surface area is 133 Å². The molecule has 3 unspecified atom stereocenters. The van der Waals surface area contributed by atoms with Crippen LogP contribution < -0.4 is 5.32 Å². The minimum atomic E-state index is 0.761. The first-order chi connectivity index (χ1) is 10.0. The van der Waals surface area contributed by atoms with Crippen LogP contribution in [0.1, 0.15) is 66.2 Å². The maximum absolute atomic E-state index is 5.20. The van der Waals surface area contributed by atoms with Crippen molar-refractivity contribution < 1.29 is 4.74 Å². The molecule has 1 saturated carbocycles. The van der Waals surface area contributed by atoms with Crippen molar-refractivity contribution in [1.82, 2.24) is 5.32 Å². The molecule has 1 aliphatic rings. The quantitative estimate of drug-likeness (QED) is 0.588. The molecule has 2 heteroatoms. The lowest BCUT2D eigenvalue weighted by Crippen LogP contribution is -2.35. The van der Waals surface area contributed by atoms with Gasteiger partial charge in [-0.2, -0.15) is 0 Å². The summed E-state index contributed by atoms with van der Waals surface area (Å²) in [6.07, 6.45) is 8.30. The number of hydrogen-bond donors (Lipinski definition) is 1. The molecule has 0 heterocycles. The van der Waals surface area contributed by atoms with E-state index < -0.39 is 0 Å². The summed E-state index contributed by atoms with van der Waals surface area (Å²) in [5, 5.41) is 3.71. The van der Waals surface area contributed by atoms with E-state index in [0.717, 1.165) is 36.2 Å². The molecule has 0 radical (unpaired) electrons. The van der Waals surface area contributed by atoms with E-state index >= 15 is 0 Å². The van der Waals surface area contributed by atoms with Gasteiger partial charge in [0.1, 0.15) is 0 Å². The second kappa shape index (κ2) is 10.6. The maximum Gasteiger partial charge on any atom is 0.0462 e. The molecule has 0 spiro atoms. The molecule has 0 aromatic heterocycles. The van der Waals surface area contributed by atoms with Crippen molar-refractivity contribution in [3.63, 3.8) is 0 Å². The highest BCUT2D eigenvalue weighted by atomic mass is 16.5. The molecule has 2 nitrogen and oxygen atoms in total. The minimum Gasteiger partial charge on any atom is -0.385 e. The van der Waals surface area contributed by atoms with Gasteiger partial charge in [0.25, 0.3) is 0 Å². The van der Waals surface area contributed by atoms with Gasteiger partial charge in [0.15, 0.2) is 0 Å². The Balaban J connectivity index is 2.41. The van der Waals surface area contributed by atoms with Gasteiger partial charge in [-0.1, -0.05) is 40.5 Å². The third-order valence-corrected chi connectivity index (χ3v) is 5.26. The van der Waals surface area contributed by atoms with Crippen molar-refractivity contribution in [1.29, 1.82) is 0 Å². The predicted octanol–water partition coefficient (Wildman–Crippen LogP) is 4.74. The molecule has 21 heavy (non-hydrogen) atoms. The Kier molecular flexibility index (Phi) is 9.59. The Morgan fingerprint density at radius 3 is 2.43 bits per heavy atom. The van der Waals surface area contributed by atoms with E-state index in [1.807, 2.05) is 7.11 Å². The SMILES string of the molecule is COCCCCC1CC(C(C)C)CCC1CNCC(C)C. The van der Waals surface area contributed by atoms with Gasteiger partial charge in [-0.05, 0) is 68.4 Å². The zero-order valence-electron chi connectivity index (χ0n) is 15.2. The van der Waals surface area contributed by atoms with Gasteiger partial charge >= 0.3 is 0 Å². The normalized spacial score (nSPS) is 26.7. The molecular weight excluding hydrogens is 258 g/mol. The van der Waals surface area contributed by atoms with Crippen LogP contribution in [0.2, 0.25) is 0 Å². The number of ether oxygens (including phenoxy) is 1. The molecule has 1 N–H and O–H groups in total. The number of rotatable bonds is 10. The van der Waals surface area contributed by atoms with Crippen molar-refractivity contribution in [3.05, 3.63) is 0 Å². The zero-order chi connectivity index (χ0) is 15.7. The second-order valence-corrected chi connectivity index (χ2v) is 7.88. The average molecular weight is 298 g/mol. The number of methoxy groups -OCH3 is 1. The standard InChI is InChI=1S/C19H39NO/c1-15(2)13-20-14-19-10-9-17(16(3)4)12-18(19)8-6-7-11-21-5/h15-20H,6-14H2,1-5H3. The van der Waals surface area contributed by atoms with Gasteiger partial charge in [0.05, 0.1) is 0 Å². The summed E-state index contributed by atoms with van der Waals surface area (Å²) in [5.41, 5.74) is 0. The molecule has 1 fully saturated rings. The fourth-order valence-corrected chi connectivity index (χ4v) is 3.80. The van der Waals surface area contributed by atoms with Gasteiger partial charge < -0.3 is 10.1 Å². The molecule has 0 aromatic rings. The fraction of sp³-hybridized carbons (Fsp3) is 1.00. The van der Waals surface area contributed by atoms with Crippen LogP contribution in [-0.2, 0) is 4.74 Å². The van der Waals surface area contributed by atoms with Crippen LogP contribution in [0, 0.1) is 29.6 Å². The molecule has 3 atom stereocenters. The molecular formula is C19H39NO. The van der Waals surface area contributed by atoms with Crippen molar-refractivity contribution in [2.24, 2.45) is 29.6 Å². The van der Waals surface area contributed by atoms with Crippen molar-refractivity contribution in [2.45, 2.75) is 66.2 Å². The van der Waals surface area contributed by atoms with E-state index in [1.165, 1.54) is 51.6 Å². The monoisotopic (exact) mass is 297 g/mol. The van der Waals surface area contributed by atoms with Crippen molar-refractivity contribution in [2.75, 3.05) is 26.8 Å². The average Bonchev–Trinajstić information content (AvgIpc) is 2.44. The smallest absolute Gasteiger partial charge is 0.0462 e. The van der Waals surface area contributed by atoms with Crippen LogP contribution in [0.25, 0.3) is 0 Å². The molecule has 1 aliphatic carbocycles. The van der Waals surface area contributed by atoms with Gasteiger partial charge in [-0.25, -0.2) is 0 Å². The second-order valence-electron chi connectivity index (χ2n) is 7.88. The van der Waals surface area contributed by atoms with Crippen LogP contribution in [0.15, 0.2) is 0 Å². The summed E-state index contributed by atoms with van der Waals surface area (Å²) >= 11 is 0. The Morgan fingerprint density at radius 1 is 1.05 bits per heavy atom. The van der Waals surface area contributed by atoms with Crippen LogP contribution in [0.5, 0.6) is 0 Å². The first kappa shape index (κ1) is 19.0.